The topological polar surface area (TPSA) is 50.8 Å². The van der Waals surface area contributed by atoms with E-state index in [2.05, 4.69) is 15.0 Å². The number of ether oxygens (including phenoxy) is 1. The van der Waals surface area contributed by atoms with Crippen molar-refractivity contribution in [3.63, 3.8) is 0 Å². The van der Waals surface area contributed by atoms with E-state index in [1.54, 1.807) is 0 Å². The van der Waals surface area contributed by atoms with E-state index in [9.17, 15) is 0 Å². The summed E-state index contributed by atoms with van der Waals surface area (Å²) in [6.45, 7) is 2.82. The van der Waals surface area contributed by atoms with Gasteiger partial charge in [0.2, 0.25) is 0 Å². The van der Waals surface area contributed by atoms with E-state index in [0.717, 1.165) is 42.1 Å². The lowest BCUT2D eigenvalue weighted by atomic mass is 10.1. The molecule has 1 saturated heterocycles. The standard InChI is InChI=1S/C12H15N3O/c1-8-5-6-9-11(13-8)15-12(14-9)10-4-2-3-7-16-10/h5-6,10H,2-4,7H2,1H3,(H,13,14,15). The summed E-state index contributed by atoms with van der Waals surface area (Å²) in [6.07, 6.45) is 3.56. The number of hydrogen-bond donors (Lipinski definition) is 1. The third-order valence-corrected chi connectivity index (χ3v) is 2.99. The molecule has 2 aromatic rings. The first kappa shape index (κ1) is 9.78. The number of nitrogens with one attached hydrogen (secondary N) is 1. The lowest BCUT2D eigenvalue weighted by molar-refractivity contribution is 0.0101. The first-order valence-corrected chi connectivity index (χ1v) is 5.78. The van der Waals surface area contributed by atoms with Gasteiger partial charge in [-0.05, 0) is 38.3 Å². The number of fused-ring (bicyclic) bond motifs is 1. The Balaban J connectivity index is 1.97. The van der Waals surface area contributed by atoms with Crippen LogP contribution < -0.4 is 0 Å². The molecular formula is C12H15N3O. The fourth-order valence-electron chi connectivity index (χ4n) is 2.11. The number of H-pyrrole nitrogens is 1. The van der Waals surface area contributed by atoms with E-state index in [-0.39, 0.29) is 6.10 Å². The molecule has 84 valence electrons. The number of aromatic nitrogens is 3. The highest BCUT2D eigenvalue weighted by molar-refractivity contribution is 5.70. The van der Waals surface area contributed by atoms with Gasteiger partial charge in [0.15, 0.2) is 5.65 Å². The van der Waals surface area contributed by atoms with Crippen LogP contribution in [0.25, 0.3) is 11.2 Å². The summed E-state index contributed by atoms with van der Waals surface area (Å²) < 4.78 is 5.70. The Hall–Kier alpha value is -1.42. The lowest BCUT2D eigenvalue weighted by Gasteiger charge is -2.20. The molecule has 4 heteroatoms. The normalized spacial score (nSPS) is 21.4. The summed E-state index contributed by atoms with van der Waals surface area (Å²) in [4.78, 5) is 12.2. The molecule has 1 unspecified atom stereocenters. The maximum absolute atomic E-state index is 5.70. The average Bonchev–Trinajstić information content (AvgIpc) is 2.73. The van der Waals surface area contributed by atoms with Crippen molar-refractivity contribution in [1.82, 2.24) is 15.0 Å². The molecule has 0 aromatic carbocycles. The number of nitrogens with zero attached hydrogens (tertiary/aromatic N) is 2. The van der Waals surface area contributed by atoms with Gasteiger partial charge in [-0.3, -0.25) is 0 Å². The van der Waals surface area contributed by atoms with Crippen LogP contribution in [0.2, 0.25) is 0 Å². The molecule has 1 aliphatic heterocycles. The minimum Gasteiger partial charge on any atom is -0.370 e. The zero-order valence-corrected chi connectivity index (χ0v) is 9.36. The van der Waals surface area contributed by atoms with Crippen molar-refractivity contribution in [2.24, 2.45) is 0 Å². The summed E-state index contributed by atoms with van der Waals surface area (Å²) in [5, 5.41) is 0. The van der Waals surface area contributed by atoms with Crippen molar-refractivity contribution in [2.75, 3.05) is 6.61 Å². The van der Waals surface area contributed by atoms with E-state index in [1.807, 2.05) is 19.1 Å². The van der Waals surface area contributed by atoms with E-state index in [4.69, 9.17) is 4.74 Å². The minimum absolute atomic E-state index is 0.128. The molecule has 16 heavy (non-hydrogen) atoms. The van der Waals surface area contributed by atoms with Crippen LogP contribution in [0.5, 0.6) is 0 Å². The van der Waals surface area contributed by atoms with Gasteiger partial charge in [0, 0.05) is 12.3 Å². The van der Waals surface area contributed by atoms with Crippen molar-refractivity contribution < 1.29 is 4.74 Å². The van der Waals surface area contributed by atoms with Gasteiger partial charge in [0.1, 0.15) is 11.9 Å². The van der Waals surface area contributed by atoms with E-state index >= 15 is 0 Å². The zero-order valence-electron chi connectivity index (χ0n) is 9.36. The monoisotopic (exact) mass is 217 g/mol. The molecule has 3 heterocycles. The molecule has 0 amide bonds. The van der Waals surface area contributed by atoms with Crippen LogP contribution in [0.3, 0.4) is 0 Å². The number of rotatable bonds is 1. The predicted molar refractivity (Wildman–Crippen MR) is 61.2 cm³/mol. The van der Waals surface area contributed by atoms with Gasteiger partial charge >= 0.3 is 0 Å². The highest BCUT2D eigenvalue weighted by Crippen LogP contribution is 2.26. The van der Waals surface area contributed by atoms with Crippen molar-refractivity contribution in [3.8, 4) is 0 Å². The molecule has 1 fully saturated rings. The third kappa shape index (κ3) is 1.69. The predicted octanol–water partition coefficient (Wildman–Crippen LogP) is 2.51. The Morgan fingerprint density at radius 3 is 3.06 bits per heavy atom. The molecule has 1 atom stereocenters. The smallest absolute Gasteiger partial charge is 0.178 e. The van der Waals surface area contributed by atoms with Crippen LogP contribution in [-0.4, -0.2) is 21.6 Å². The van der Waals surface area contributed by atoms with E-state index < -0.39 is 0 Å². The lowest BCUT2D eigenvalue weighted by Crippen LogP contribution is -2.12. The summed E-state index contributed by atoms with van der Waals surface area (Å²) >= 11 is 0. The molecule has 0 bridgehead atoms. The molecule has 1 aliphatic rings. The molecule has 4 nitrogen and oxygen atoms in total. The van der Waals surface area contributed by atoms with Gasteiger partial charge in [-0.15, -0.1) is 0 Å². The molecule has 0 aliphatic carbocycles. The van der Waals surface area contributed by atoms with Gasteiger partial charge in [-0.25, -0.2) is 9.97 Å². The second-order valence-electron chi connectivity index (χ2n) is 4.30. The molecule has 3 rings (SSSR count). The van der Waals surface area contributed by atoms with Crippen LogP contribution in [0, 0.1) is 6.92 Å². The fourth-order valence-corrected chi connectivity index (χ4v) is 2.11. The Morgan fingerprint density at radius 1 is 1.31 bits per heavy atom. The van der Waals surface area contributed by atoms with Crippen LogP contribution in [0.15, 0.2) is 12.1 Å². The molecule has 0 spiro atoms. The SMILES string of the molecule is Cc1ccc2[nH]c(C3CCCCO3)nc2n1. The quantitative estimate of drug-likeness (QED) is 0.798. The van der Waals surface area contributed by atoms with Gasteiger partial charge in [-0.2, -0.15) is 0 Å². The Morgan fingerprint density at radius 2 is 2.25 bits per heavy atom. The Labute approximate surface area is 94.1 Å². The van der Waals surface area contributed by atoms with Crippen molar-refractivity contribution in [1.29, 1.82) is 0 Å². The van der Waals surface area contributed by atoms with Gasteiger partial charge in [-0.1, -0.05) is 0 Å². The molecule has 0 saturated carbocycles. The Kier molecular flexibility index (Phi) is 2.36. The number of hydrogen-bond acceptors (Lipinski definition) is 3. The first-order valence-electron chi connectivity index (χ1n) is 5.78. The summed E-state index contributed by atoms with van der Waals surface area (Å²) in [5.41, 5.74) is 2.79. The van der Waals surface area contributed by atoms with E-state index in [1.165, 1.54) is 6.42 Å². The average molecular weight is 217 g/mol. The summed E-state index contributed by atoms with van der Waals surface area (Å²) in [7, 11) is 0. The van der Waals surface area contributed by atoms with E-state index in [0.29, 0.717) is 0 Å². The van der Waals surface area contributed by atoms with Crippen LogP contribution in [0.4, 0.5) is 0 Å². The second-order valence-corrected chi connectivity index (χ2v) is 4.30. The molecule has 2 aromatic heterocycles. The zero-order chi connectivity index (χ0) is 11.0. The summed E-state index contributed by atoms with van der Waals surface area (Å²) in [6, 6.07) is 4.02. The highest BCUT2D eigenvalue weighted by atomic mass is 16.5. The minimum atomic E-state index is 0.128. The van der Waals surface area contributed by atoms with Crippen molar-refractivity contribution >= 4 is 11.2 Å². The molecule has 1 N–H and O–H groups in total. The maximum Gasteiger partial charge on any atom is 0.178 e. The van der Waals surface area contributed by atoms with Crippen LogP contribution in [-0.2, 0) is 4.74 Å². The Bertz CT molecular complexity index is 500. The fraction of sp³-hybridized carbons (Fsp3) is 0.500. The van der Waals surface area contributed by atoms with Gasteiger partial charge in [0.25, 0.3) is 0 Å². The third-order valence-electron chi connectivity index (χ3n) is 2.99. The van der Waals surface area contributed by atoms with Gasteiger partial charge < -0.3 is 9.72 Å². The van der Waals surface area contributed by atoms with Crippen molar-refractivity contribution in [3.05, 3.63) is 23.7 Å². The molecular weight excluding hydrogens is 202 g/mol. The number of aromatic amines is 1. The largest absolute Gasteiger partial charge is 0.370 e. The number of pyridine rings is 1. The van der Waals surface area contributed by atoms with Gasteiger partial charge in [0.05, 0.1) is 5.52 Å². The van der Waals surface area contributed by atoms with Crippen LogP contribution >= 0.6 is 0 Å². The molecule has 0 radical (unpaired) electrons. The number of aryl methyl sites for hydroxylation is 1. The second kappa shape index (κ2) is 3.87. The summed E-state index contributed by atoms with van der Waals surface area (Å²) in [5.74, 6) is 0.924. The first-order chi connectivity index (χ1) is 7.83. The van der Waals surface area contributed by atoms with Crippen LogP contribution in [0.1, 0.15) is 36.9 Å². The number of imidazole rings is 1. The highest BCUT2D eigenvalue weighted by Gasteiger charge is 2.19. The maximum atomic E-state index is 5.70. The van der Waals surface area contributed by atoms with Crippen molar-refractivity contribution in [2.45, 2.75) is 32.3 Å².